The first-order valence-electron chi connectivity index (χ1n) is 15.9. The van der Waals surface area contributed by atoms with E-state index >= 15 is 0 Å². The number of azo groups is 2. The quantitative estimate of drug-likeness (QED) is 0.135. The number of aryl methyl sites for hydroxylation is 1. The van der Waals surface area contributed by atoms with Crippen LogP contribution in [-0.2, 0) is 32.1 Å². The standard InChI is InChI=1S/C32H44N16O3/c1-17(50-11)18-14-37-45(9)28(18)41-39-22-24(30(2,3)4)42-47(26(22)33)20-13-21(36-16-35-20)48-27(34)23(25(43-48)31(5,6)7)40-44-32(8)19(29(49)51-12)15-38-46(32)10/h13-16,19H,1,33-34H2,2-12H3. The summed E-state index contributed by atoms with van der Waals surface area (Å²) in [5, 5.41) is 37.8. The maximum Gasteiger partial charge on any atom is 0.318 e. The normalized spacial score (nSPS) is 18.0. The lowest BCUT2D eigenvalue weighted by molar-refractivity contribution is -0.146. The van der Waals surface area contributed by atoms with Crippen LogP contribution in [0.3, 0.4) is 0 Å². The van der Waals surface area contributed by atoms with Crippen molar-refractivity contribution in [1.82, 2.24) is 44.3 Å². The molecular formula is C32H44N16O3. The second-order valence-electron chi connectivity index (χ2n) is 14.1. The molecule has 51 heavy (non-hydrogen) atoms. The van der Waals surface area contributed by atoms with Crippen molar-refractivity contribution >= 4 is 46.8 Å². The summed E-state index contributed by atoms with van der Waals surface area (Å²) in [4.78, 5) is 21.5. The lowest BCUT2D eigenvalue weighted by atomic mass is 9.91. The Morgan fingerprint density at radius 2 is 1.45 bits per heavy atom. The largest absolute Gasteiger partial charge is 0.497 e. The summed E-state index contributed by atoms with van der Waals surface area (Å²) in [6.45, 7) is 17.5. The molecule has 0 radical (unpaired) electrons. The number of rotatable bonds is 9. The number of hydrazone groups is 1. The number of nitrogen functional groups attached to an aromatic ring is 2. The molecule has 0 aliphatic carbocycles. The number of nitrogens with two attached hydrogens (primary N) is 2. The zero-order valence-electron chi connectivity index (χ0n) is 30.7. The molecule has 5 heterocycles. The Morgan fingerprint density at radius 1 is 0.902 bits per heavy atom. The Bertz CT molecular complexity index is 2070. The summed E-state index contributed by atoms with van der Waals surface area (Å²) in [7, 11) is 6.27. The van der Waals surface area contributed by atoms with E-state index in [9.17, 15) is 4.79 Å². The van der Waals surface area contributed by atoms with Gasteiger partial charge >= 0.3 is 5.97 Å². The zero-order chi connectivity index (χ0) is 37.6. The third kappa shape index (κ3) is 6.53. The van der Waals surface area contributed by atoms with Crippen LogP contribution in [0.5, 0.6) is 0 Å². The Hall–Kier alpha value is -6.01. The SMILES string of the molecule is C=C(OC)c1cnn(C)c1N=Nc1c(C(C)(C)C)nn(-c2cc(-n3nc(C(C)(C)C)c(N=NC4(C)C(C(=O)OC)C=NN4C)c3N)ncn2)c1N. The van der Waals surface area contributed by atoms with Crippen molar-refractivity contribution in [2.75, 3.05) is 32.7 Å². The molecule has 270 valence electrons. The van der Waals surface area contributed by atoms with Gasteiger partial charge in [-0.3, -0.25) is 9.80 Å². The van der Waals surface area contributed by atoms with Gasteiger partial charge in [0.2, 0.25) is 0 Å². The van der Waals surface area contributed by atoms with Crippen LogP contribution in [0.15, 0.2) is 50.7 Å². The van der Waals surface area contributed by atoms with Crippen LogP contribution in [0.4, 0.5) is 28.8 Å². The summed E-state index contributed by atoms with van der Waals surface area (Å²) in [5.41, 5.74) is 13.6. The maximum absolute atomic E-state index is 12.5. The molecule has 2 atom stereocenters. The van der Waals surface area contributed by atoms with Crippen LogP contribution in [0.25, 0.3) is 17.4 Å². The van der Waals surface area contributed by atoms with Gasteiger partial charge in [-0.1, -0.05) is 48.1 Å². The minimum atomic E-state index is -1.16. The van der Waals surface area contributed by atoms with Crippen LogP contribution in [0, 0.1) is 5.92 Å². The highest BCUT2D eigenvalue weighted by molar-refractivity contribution is 5.92. The van der Waals surface area contributed by atoms with Crippen molar-refractivity contribution in [1.29, 1.82) is 0 Å². The fourth-order valence-corrected chi connectivity index (χ4v) is 5.24. The van der Waals surface area contributed by atoms with Gasteiger partial charge in [-0.15, -0.1) is 15.3 Å². The van der Waals surface area contributed by atoms with Crippen molar-refractivity contribution in [2.45, 2.75) is 65.0 Å². The molecule has 1 aliphatic rings. The lowest BCUT2D eigenvalue weighted by Crippen LogP contribution is -2.45. The molecule has 0 fully saturated rings. The molecule has 0 saturated carbocycles. The van der Waals surface area contributed by atoms with Crippen LogP contribution in [-0.4, -0.2) is 83.4 Å². The molecule has 0 spiro atoms. The Balaban J connectivity index is 1.59. The van der Waals surface area contributed by atoms with Crippen LogP contribution >= 0.6 is 0 Å². The molecule has 2 unspecified atom stereocenters. The predicted molar refractivity (Wildman–Crippen MR) is 191 cm³/mol. The highest BCUT2D eigenvalue weighted by atomic mass is 16.5. The number of carbonyl (C=O) groups is 1. The monoisotopic (exact) mass is 700 g/mol. The van der Waals surface area contributed by atoms with Gasteiger partial charge in [-0.25, -0.2) is 14.6 Å². The molecular weight excluding hydrogens is 656 g/mol. The van der Waals surface area contributed by atoms with Crippen molar-refractivity contribution in [2.24, 2.45) is 38.5 Å². The van der Waals surface area contributed by atoms with E-state index in [1.807, 2.05) is 41.5 Å². The molecule has 4 aromatic rings. The number of hydrogen-bond donors (Lipinski definition) is 2. The van der Waals surface area contributed by atoms with E-state index in [4.69, 9.17) is 31.1 Å². The Labute approximate surface area is 295 Å². The van der Waals surface area contributed by atoms with Gasteiger partial charge in [0.1, 0.15) is 18.0 Å². The summed E-state index contributed by atoms with van der Waals surface area (Å²) in [6.07, 6.45) is 4.44. The van der Waals surface area contributed by atoms with E-state index in [1.54, 1.807) is 43.0 Å². The minimum Gasteiger partial charge on any atom is -0.497 e. The molecule has 5 rings (SSSR count). The molecule has 0 bridgehead atoms. The third-order valence-corrected chi connectivity index (χ3v) is 8.42. The summed E-state index contributed by atoms with van der Waals surface area (Å²) in [5.74, 6) is 0.540. The number of carbonyl (C=O) groups excluding carboxylic acids is 1. The highest BCUT2D eigenvalue weighted by Gasteiger charge is 2.47. The van der Waals surface area contributed by atoms with Crippen molar-refractivity contribution in [3.8, 4) is 11.6 Å². The number of aromatic nitrogens is 8. The van der Waals surface area contributed by atoms with Crippen molar-refractivity contribution in [3.05, 3.63) is 42.1 Å². The van der Waals surface area contributed by atoms with Crippen molar-refractivity contribution in [3.63, 3.8) is 0 Å². The molecule has 4 N–H and O–H groups in total. The van der Waals surface area contributed by atoms with Gasteiger partial charge in [0, 0.05) is 37.2 Å². The molecule has 19 nitrogen and oxygen atoms in total. The van der Waals surface area contributed by atoms with E-state index in [-0.39, 0.29) is 11.6 Å². The van der Waals surface area contributed by atoms with Gasteiger partial charge in [0.25, 0.3) is 0 Å². The van der Waals surface area contributed by atoms with Crippen LogP contribution in [0.1, 0.15) is 65.4 Å². The first-order valence-corrected chi connectivity index (χ1v) is 15.9. The smallest absolute Gasteiger partial charge is 0.318 e. The Kier molecular flexibility index (Phi) is 9.27. The lowest BCUT2D eigenvalue weighted by Gasteiger charge is -2.29. The van der Waals surface area contributed by atoms with Gasteiger partial charge < -0.3 is 20.9 Å². The number of methoxy groups -OCH3 is 2. The van der Waals surface area contributed by atoms with Crippen LogP contribution < -0.4 is 11.5 Å². The average molecular weight is 701 g/mol. The van der Waals surface area contributed by atoms with Gasteiger partial charge in [-0.2, -0.15) is 34.9 Å². The molecule has 0 saturated heterocycles. The first kappa shape index (κ1) is 36.3. The van der Waals surface area contributed by atoms with Gasteiger partial charge in [0.15, 0.2) is 46.1 Å². The second-order valence-corrected chi connectivity index (χ2v) is 14.1. The molecule has 0 aromatic carbocycles. The number of esters is 1. The van der Waals surface area contributed by atoms with Gasteiger partial charge in [0.05, 0.1) is 37.4 Å². The summed E-state index contributed by atoms with van der Waals surface area (Å²) >= 11 is 0. The van der Waals surface area contributed by atoms with E-state index in [2.05, 4.69) is 47.2 Å². The van der Waals surface area contributed by atoms with Crippen molar-refractivity contribution < 1.29 is 14.3 Å². The number of hydrogen-bond acceptors (Lipinski definition) is 16. The topological polar surface area (TPSA) is 232 Å². The van der Waals surface area contributed by atoms with E-state index in [0.29, 0.717) is 51.5 Å². The molecule has 19 heteroatoms. The van der Waals surface area contributed by atoms with E-state index in [1.165, 1.54) is 36.1 Å². The molecule has 4 aromatic heterocycles. The summed E-state index contributed by atoms with van der Waals surface area (Å²) < 4.78 is 14.7. The number of ether oxygens (including phenoxy) is 2. The van der Waals surface area contributed by atoms with E-state index in [0.717, 1.165) is 0 Å². The summed E-state index contributed by atoms with van der Waals surface area (Å²) in [6, 6.07) is 1.64. The predicted octanol–water partition coefficient (Wildman–Crippen LogP) is 4.89. The third-order valence-electron chi connectivity index (χ3n) is 8.42. The Morgan fingerprint density at radius 3 is 1.96 bits per heavy atom. The second kappa shape index (κ2) is 13.0. The molecule has 1 aliphatic heterocycles. The minimum absolute atomic E-state index is 0.163. The van der Waals surface area contributed by atoms with E-state index < -0.39 is 28.4 Å². The fourth-order valence-electron chi connectivity index (χ4n) is 5.24. The average Bonchev–Trinajstić information content (AvgIpc) is 3.80. The zero-order valence-corrected chi connectivity index (χ0v) is 30.7. The number of anilines is 2. The van der Waals surface area contributed by atoms with Gasteiger partial charge in [-0.05, 0) is 6.92 Å². The highest BCUT2D eigenvalue weighted by Crippen LogP contribution is 2.41. The fraction of sp³-hybridized carbons (Fsp3) is 0.469. The maximum atomic E-state index is 12.5. The molecule has 0 amide bonds. The first-order chi connectivity index (χ1) is 23.8. The van der Waals surface area contributed by atoms with Crippen LogP contribution in [0.2, 0.25) is 0 Å². The number of nitrogens with zero attached hydrogens (tertiary/aromatic N) is 14.